The summed E-state index contributed by atoms with van der Waals surface area (Å²) in [5.41, 5.74) is 0.525. The molecule has 5 heteroatoms. The highest BCUT2D eigenvalue weighted by atomic mass is 32.2. The Bertz CT molecular complexity index is 497. The Balaban J connectivity index is 2.04. The number of hydrogen-bond acceptors (Lipinski definition) is 5. The van der Waals surface area contributed by atoms with Gasteiger partial charge in [-0.25, -0.2) is 9.78 Å². The SMILES string of the molecule is CSc1ncccc1C(=O)OCc1cccs1. The summed E-state index contributed by atoms with van der Waals surface area (Å²) in [4.78, 5) is 17.0. The van der Waals surface area contributed by atoms with Crippen molar-refractivity contribution in [3.63, 3.8) is 0 Å². The van der Waals surface area contributed by atoms with Crippen molar-refractivity contribution in [3.8, 4) is 0 Å². The summed E-state index contributed by atoms with van der Waals surface area (Å²) in [7, 11) is 0. The third kappa shape index (κ3) is 3.08. The van der Waals surface area contributed by atoms with Crippen LogP contribution >= 0.6 is 23.1 Å². The van der Waals surface area contributed by atoms with E-state index in [1.54, 1.807) is 29.7 Å². The van der Waals surface area contributed by atoms with Crippen molar-refractivity contribution >= 4 is 29.1 Å². The summed E-state index contributed by atoms with van der Waals surface area (Å²) in [6, 6.07) is 7.35. The molecule has 0 spiro atoms. The van der Waals surface area contributed by atoms with Crippen LogP contribution in [0.1, 0.15) is 15.2 Å². The number of rotatable bonds is 4. The maximum atomic E-state index is 11.8. The number of thiophene rings is 1. The van der Waals surface area contributed by atoms with E-state index in [9.17, 15) is 4.79 Å². The van der Waals surface area contributed by atoms with Crippen molar-refractivity contribution in [1.82, 2.24) is 4.98 Å². The van der Waals surface area contributed by atoms with E-state index in [2.05, 4.69) is 4.98 Å². The second kappa shape index (κ2) is 5.84. The smallest absolute Gasteiger partial charge is 0.341 e. The molecule has 0 N–H and O–H groups in total. The molecule has 0 aliphatic heterocycles. The average Bonchev–Trinajstić information content (AvgIpc) is 2.89. The summed E-state index contributed by atoms with van der Waals surface area (Å²) in [6.07, 6.45) is 3.56. The normalized spacial score (nSPS) is 10.2. The molecule has 0 radical (unpaired) electrons. The number of carbonyl (C=O) groups excluding carboxylic acids is 1. The minimum Gasteiger partial charge on any atom is -0.456 e. The highest BCUT2D eigenvalue weighted by Crippen LogP contribution is 2.18. The summed E-state index contributed by atoms with van der Waals surface area (Å²) in [5.74, 6) is -0.323. The summed E-state index contributed by atoms with van der Waals surface area (Å²) in [5, 5.41) is 2.66. The number of aromatic nitrogens is 1. The van der Waals surface area contributed by atoms with Crippen LogP contribution in [0, 0.1) is 0 Å². The van der Waals surface area contributed by atoms with E-state index < -0.39 is 0 Å². The molecule has 2 aromatic heterocycles. The molecule has 0 unspecified atom stereocenters. The largest absolute Gasteiger partial charge is 0.456 e. The van der Waals surface area contributed by atoms with Gasteiger partial charge >= 0.3 is 5.97 Å². The number of esters is 1. The molecule has 0 saturated heterocycles. The lowest BCUT2D eigenvalue weighted by atomic mass is 10.3. The third-order valence-corrected chi connectivity index (χ3v) is 3.67. The number of carbonyl (C=O) groups is 1. The van der Waals surface area contributed by atoms with Gasteiger partial charge in [0, 0.05) is 11.1 Å². The molecule has 17 heavy (non-hydrogen) atoms. The number of nitrogens with zero attached hydrogens (tertiary/aromatic N) is 1. The van der Waals surface area contributed by atoms with Crippen molar-refractivity contribution in [1.29, 1.82) is 0 Å². The van der Waals surface area contributed by atoms with Crippen LogP contribution in [-0.4, -0.2) is 17.2 Å². The molecule has 0 aliphatic rings. The van der Waals surface area contributed by atoms with Gasteiger partial charge in [-0.05, 0) is 29.8 Å². The Hall–Kier alpha value is -1.33. The van der Waals surface area contributed by atoms with Gasteiger partial charge in [-0.1, -0.05) is 6.07 Å². The molecule has 0 atom stereocenters. The van der Waals surface area contributed by atoms with Crippen molar-refractivity contribution in [2.24, 2.45) is 0 Å². The maximum Gasteiger partial charge on any atom is 0.341 e. The Morgan fingerprint density at radius 2 is 2.35 bits per heavy atom. The fourth-order valence-corrected chi connectivity index (χ4v) is 2.47. The predicted octanol–water partition coefficient (Wildman–Crippen LogP) is 3.22. The van der Waals surface area contributed by atoms with Gasteiger partial charge in [-0.3, -0.25) is 0 Å². The second-order valence-corrected chi connectivity index (χ2v) is 5.04. The molecule has 0 amide bonds. The summed E-state index contributed by atoms with van der Waals surface area (Å²) in [6.45, 7) is 0.319. The summed E-state index contributed by atoms with van der Waals surface area (Å²) >= 11 is 3.01. The standard InChI is InChI=1S/C12H11NO2S2/c1-16-11-10(5-2-6-13-11)12(14)15-8-9-4-3-7-17-9/h2-7H,8H2,1H3. The zero-order chi connectivity index (χ0) is 12.1. The molecule has 0 aliphatic carbocycles. The van der Waals surface area contributed by atoms with E-state index in [4.69, 9.17) is 4.74 Å². The van der Waals surface area contributed by atoms with Gasteiger partial charge in [-0.15, -0.1) is 23.1 Å². The molecule has 88 valence electrons. The quantitative estimate of drug-likeness (QED) is 0.628. The lowest BCUT2D eigenvalue weighted by molar-refractivity contribution is 0.0471. The second-order valence-electron chi connectivity index (χ2n) is 3.22. The Morgan fingerprint density at radius 1 is 1.47 bits per heavy atom. The van der Waals surface area contributed by atoms with E-state index in [0.717, 1.165) is 4.88 Å². The van der Waals surface area contributed by atoms with Gasteiger partial charge in [0.2, 0.25) is 0 Å². The van der Waals surface area contributed by atoms with Gasteiger partial charge in [0.15, 0.2) is 0 Å². The van der Waals surface area contributed by atoms with Crippen LogP contribution in [0.3, 0.4) is 0 Å². The van der Waals surface area contributed by atoms with Gasteiger partial charge in [0.05, 0.1) is 5.56 Å². The van der Waals surface area contributed by atoms with Gasteiger partial charge in [-0.2, -0.15) is 0 Å². The van der Waals surface area contributed by atoms with Crippen molar-refractivity contribution in [3.05, 3.63) is 46.3 Å². The Labute approximate surface area is 108 Å². The van der Waals surface area contributed by atoms with Crippen LogP contribution in [0.2, 0.25) is 0 Å². The Morgan fingerprint density at radius 3 is 3.06 bits per heavy atom. The minimum atomic E-state index is -0.323. The first kappa shape index (κ1) is 12.1. The molecule has 0 bridgehead atoms. The molecule has 0 saturated carbocycles. The lowest BCUT2D eigenvalue weighted by Crippen LogP contribution is -2.06. The number of hydrogen-bond donors (Lipinski definition) is 0. The van der Waals surface area contributed by atoms with E-state index in [0.29, 0.717) is 17.2 Å². The van der Waals surface area contributed by atoms with Crippen molar-refractivity contribution in [2.75, 3.05) is 6.26 Å². The molecule has 0 fully saturated rings. The zero-order valence-electron chi connectivity index (χ0n) is 9.25. The first-order valence-electron chi connectivity index (χ1n) is 5.00. The molecule has 2 aromatic rings. The topological polar surface area (TPSA) is 39.2 Å². The van der Waals surface area contributed by atoms with Crippen LogP contribution in [0.5, 0.6) is 0 Å². The fraction of sp³-hybridized carbons (Fsp3) is 0.167. The first-order chi connectivity index (χ1) is 8.31. The molecule has 2 heterocycles. The van der Waals surface area contributed by atoms with Crippen LogP contribution in [-0.2, 0) is 11.3 Å². The van der Waals surface area contributed by atoms with E-state index in [1.807, 2.05) is 23.8 Å². The average molecular weight is 265 g/mol. The highest BCUT2D eigenvalue weighted by Gasteiger charge is 2.13. The molecular formula is C12H11NO2S2. The molecule has 3 nitrogen and oxygen atoms in total. The zero-order valence-corrected chi connectivity index (χ0v) is 10.9. The lowest BCUT2D eigenvalue weighted by Gasteiger charge is -2.05. The van der Waals surface area contributed by atoms with Gasteiger partial charge in [0.1, 0.15) is 11.6 Å². The minimum absolute atomic E-state index is 0.319. The highest BCUT2D eigenvalue weighted by molar-refractivity contribution is 7.98. The van der Waals surface area contributed by atoms with Crippen LogP contribution in [0.25, 0.3) is 0 Å². The van der Waals surface area contributed by atoms with E-state index in [-0.39, 0.29) is 5.97 Å². The van der Waals surface area contributed by atoms with Crippen LogP contribution < -0.4 is 0 Å². The van der Waals surface area contributed by atoms with Crippen LogP contribution in [0.15, 0.2) is 40.9 Å². The first-order valence-corrected chi connectivity index (χ1v) is 7.10. The third-order valence-electron chi connectivity index (χ3n) is 2.11. The Kier molecular flexibility index (Phi) is 4.17. The summed E-state index contributed by atoms with van der Waals surface area (Å²) < 4.78 is 5.23. The van der Waals surface area contributed by atoms with Crippen LogP contribution in [0.4, 0.5) is 0 Å². The number of pyridine rings is 1. The molecule has 0 aromatic carbocycles. The van der Waals surface area contributed by atoms with E-state index in [1.165, 1.54) is 11.8 Å². The maximum absolute atomic E-state index is 11.8. The van der Waals surface area contributed by atoms with E-state index >= 15 is 0 Å². The molecule has 2 rings (SSSR count). The van der Waals surface area contributed by atoms with Gasteiger partial charge in [0.25, 0.3) is 0 Å². The van der Waals surface area contributed by atoms with Gasteiger partial charge < -0.3 is 4.74 Å². The van der Waals surface area contributed by atoms with Crippen molar-refractivity contribution < 1.29 is 9.53 Å². The van der Waals surface area contributed by atoms with Crippen molar-refractivity contribution in [2.45, 2.75) is 11.6 Å². The number of thioether (sulfide) groups is 1. The fourth-order valence-electron chi connectivity index (χ4n) is 1.32. The predicted molar refractivity (Wildman–Crippen MR) is 69.5 cm³/mol. The monoisotopic (exact) mass is 265 g/mol. The number of ether oxygens (including phenoxy) is 1. The molecular weight excluding hydrogens is 254 g/mol.